The van der Waals surface area contributed by atoms with Gasteiger partial charge in [-0.25, -0.2) is 19.9 Å². The highest BCUT2D eigenvalue weighted by Gasteiger charge is 2.10. The van der Waals surface area contributed by atoms with Gasteiger partial charge in [0.15, 0.2) is 16.7 Å². The highest BCUT2D eigenvalue weighted by Crippen LogP contribution is 2.19. The number of hydrogen-bond acceptors (Lipinski definition) is 6. The summed E-state index contributed by atoms with van der Waals surface area (Å²) in [4.78, 5) is 16.6. The molecule has 6 nitrogen and oxygen atoms in total. The molecular weight excluding hydrogens is 224 g/mol. The Morgan fingerprint density at radius 2 is 1.88 bits per heavy atom. The fourth-order valence-corrected chi connectivity index (χ4v) is 1.79. The maximum absolute atomic E-state index is 4.28. The van der Waals surface area contributed by atoms with Gasteiger partial charge in [0.05, 0.1) is 0 Å². The first-order chi connectivity index (χ1) is 7.93. The lowest BCUT2D eigenvalue weighted by atomic mass is 10.5. The standard InChI is InChI=1S/C9H6N6S/c1-2-10-6(11-3-1)7-13-8(15-14-7)9-12-4-5-16-9/h1-5H,(H,13,14,15). The van der Waals surface area contributed by atoms with Crippen LogP contribution in [0.3, 0.4) is 0 Å². The van der Waals surface area contributed by atoms with Gasteiger partial charge in [-0.2, -0.15) is 0 Å². The van der Waals surface area contributed by atoms with Crippen molar-refractivity contribution >= 4 is 11.3 Å². The van der Waals surface area contributed by atoms with E-state index in [0.29, 0.717) is 17.5 Å². The number of rotatable bonds is 2. The minimum Gasteiger partial charge on any atom is -0.257 e. The minimum atomic E-state index is 0.478. The van der Waals surface area contributed by atoms with Crippen molar-refractivity contribution in [1.82, 2.24) is 30.1 Å². The molecule has 0 fully saturated rings. The Morgan fingerprint density at radius 3 is 2.62 bits per heavy atom. The second-order valence-corrected chi connectivity index (χ2v) is 3.81. The lowest BCUT2D eigenvalue weighted by molar-refractivity contribution is 1.06. The molecule has 3 heterocycles. The molecule has 0 spiro atoms. The van der Waals surface area contributed by atoms with Crippen molar-refractivity contribution in [3.05, 3.63) is 30.0 Å². The van der Waals surface area contributed by atoms with Crippen LogP contribution in [0.15, 0.2) is 30.0 Å². The molecule has 78 valence electrons. The van der Waals surface area contributed by atoms with E-state index in [1.54, 1.807) is 24.7 Å². The van der Waals surface area contributed by atoms with Gasteiger partial charge in [-0.3, -0.25) is 5.10 Å². The SMILES string of the molecule is c1cnc(-c2n[nH]c(-c3nccs3)n2)nc1. The van der Waals surface area contributed by atoms with Crippen molar-refractivity contribution in [2.75, 3.05) is 0 Å². The second kappa shape index (κ2) is 3.78. The van der Waals surface area contributed by atoms with Crippen molar-refractivity contribution in [2.45, 2.75) is 0 Å². The number of nitrogens with zero attached hydrogens (tertiary/aromatic N) is 5. The summed E-state index contributed by atoms with van der Waals surface area (Å²) in [5.41, 5.74) is 0. The van der Waals surface area contributed by atoms with Gasteiger partial charge < -0.3 is 0 Å². The van der Waals surface area contributed by atoms with E-state index in [1.165, 1.54) is 11.3 Å². The predicted molar refractivity (Wildman–Crippen MR) is 58.5 cm³/mol. The van der Waals surface area contributed by atoms with E-state index < -0.39 is 0 Å². The van der Waals surface area contributed by atoms with Gasteiger partial charge in [-0.05, 0) is 6.07 Å². The zero-order chi connectivity index (χ0) is 10.8. The summed E-state index contributed by atoms with van der Waals surface area (Å²) in [6.07, 6.45) is 5.03. The second-order valence-electron chi connectivity index (χ2n) is 2.92. The van der Waals surface area contributed by atoms with E-state index >= 15 is 0 Å². The Labute approximate surface area is 94.5 Å². The third kappa shape index (κ3) is 1.57. The van der Waals surface area contributed by atoms with Crippen LogP contribution in [-0.2, 0) is 0 Å². The molecule has 3 rings (SSSR count). The van der Waals surface area contributed by atoms with Gasteiger partial charge in [0.2, 0.25) is 5.82 Å². The molecule has 0 saturated heterocycles. The van der Waals surface area contributed by atoms with Gasteiger partial charge in [-0.15, -0.1) is 16.4 Å². The Kier molecular flexibility index (Phi) is 2.15. The minimum absolute atomic E-state index is 0.478. The van der Waals surface area contributed by atoms with E-state index in [9.17, 15) is 0 Å². The van der Waals surface area contributed by atoms with Gasteiger partial charge in [-0.1, -0.05) is 0 Å². The van der Waals surface area contributed by atoms with Gasteiger partial charge in [0.1, 0.15) is 0 Å². The Morgan fingerprint density at radius 1 is 1.00 bits per heavy atom. The summed E-state index contributed by atoms with van der Waals surface area (Å²) < 4.78 is 0. The van der Waals surface area contributed by atoms with Gasteiger partial charge in [0, 0.05) is 24.0 Å². The monoisotopic (exact) mass is 230 g/mol. The van der Waals surface area contributed by atoms with Gasteiger partial charge >= 0.3 is 0 Å². The lowest BCUT2D eigenvalue weighted by Crippen LogP contribution is -1.88. The van der Waals surface area contributed by atoms with Crippen molar-refractivity contribution in [3.63, 3.8) is 0 Å². The van der Waals surface area contributed by atoms with E-state index in [2.05, 4.69) is 30.1 Å². The van der Waals surface area contributed by atoms with Gasteiger partial charge in [0.25, 0.3) is 0 Å². The summed E-state index contributed by atoms with van der Waals surface area (Å²) in [7, 11) is 0. The van der Waals surface area contributed by atoms with E-state index in [4.69, 9.17) is 0 Å². The molecule has 3 aromatic rings. The number of thiazole rings is 1. The number of aromatic amines is 1. The summed E-state index contributed by atoms with van der Waals surface area (Å²) in [5.74, 6) is 1.62. The quantitative estimate of drug-likeness (QED) is 0.719. The average molecular weight is 230 g/mol. The first kappa shape index (κ1) is 9.10. The maximum Gasteiger partial charge on any atom is 0.219 e. The number of aromatic nitrogens is 6. The highest BCUT2D eigenvalue weighted by atomic mass is 32.1. The molecular formula is C9H6N6S. The largest absolute Gasteiger partial charge is 0.257 e. The smallest absolute Gasteiger partial charge is 0.219 e. The zero-order valence-corrected chi connectivity index (χ0v) is 8.85. The number of hydrogen-bond donors (Lipinski definition) is 1. The fourth-order valence-electron chi connectivity index (χ4n) is 1.21. The molecule has 0 radical (unpaired) electrons. The molecule has 0 amide bonds. The third-order valence-electron chi connectivity index (χ3n) is 1.89. The number of H-pyrrole nitrogens is 1. The third-order valence-corrected chi connectivity index (χ3v) is 2.67. The van der Waals surface area contributed by atoms with Crippen LogP contribution in [0.25, 0.3) is 22.5 Å². The Hall–Kier alpha value is -2.15. The molecule has 1 N–H and O–H groups in total. The highest BCUT2D eigenvalue weighted by molar-refractivity contribution is 7.12. The van der Waals surface area contributed by atoms with Crippen LogP contribution >= 0.6 is 11.3 Å². The topological polar surface area (TPSA) is 80.2 Å². The Balaban J connectivity index is 2.00. The van der Waals surface area contributed by atoms with Crippen LogP contribution in [0, 0.1) is 0 Å². The molecule has 0 bridgehead atoms. The van der Waals surface area contributed by atoms with Crippen LogP contribution in [-0.4, -0.2) is 30.1 Å². The van der Waals surface area contributed by atoms with Crippen molar-refractivity contribution < 1.29 is 0 Å². The summed E-state index contributed by atoms with van der Waals surface area (Å²) in [6, 6.07) is 1.75. The molecule has 0 saturated carbocycles. The Bertz CT molecular complexity index is 573. The molecule has 0 aromatic carbocycles. The van der Waals surface area contributed by atoms with Crippen LogP contribution in [0.1, 0.15) is 0 Å². The van der Waals surface area contributed by atoms with Crippen LogP contribution in [0.4, 0.5) is 0 Å². The molecule has 0 aliphatic carbocycles. The molecule has 3 aromatic heterocycles. The molecule has 16 heavy (non-hydrogen) atoms. The normalized spacial score (nSPS) is 10.5. The summed E-state index contributed by atoms with van der Waals surface area (Å²) in [6.45, 7) is 0. The van der Waals surface area contributed by atoms with Crippen molar-refractivity contribution in [2.24, 2.45) is 0 Å². The number of nitrogens with one attached hydrogen (secondary N) is 1. The molecule has 0 aliphatic heterocycles. The summed E-state index contributed by atoms with van der Waals surface area (Å²) in [5, 5.41) is 9.55. The predicted octanol–water partition coefficient (Wildman–Crippen LogP) is 1.39. The lowest BCUT2D eigenvalue weighted by Gasteiger charge is -1.89. The molecule has 7 heteroatoms. The van der Waals surface area contributed by atoms with Crippen LogP contribution in [0.2, 0.25) is 0 Å². The van der Waals surface area contributed by atoms with Crippen molar-refractivity contribution in [1.29, 1.82) is 0 Å². The van der Waals surface area contributed by atoms with Crippen LogP contribution < -0.4 is 0 Å². The molecule has 0 atom stereocenters. The average Bonchev–Trinajstić information content (AvgIpc) is 3.01. The van der Waals surface area contributed by atoms with E-state index in [0.717, 1.165) is 5.01 Å². The maximum atomic E-state index is 4.28. The van der Waals surface area contributed by atoms with E-state index in [1.807, 2.05) is 5.38 Å². The molecule has 0 unspecified atom stereocenters. The van der Waals surface area contributed by atoms with Crippen LogP contribution in [0.5, 0.6) is 0 Å². The first-order valence-corrected chi connectivity index (χ1v) is 5.41. The first-order valence-electron chi connectivity index (χ1n) is 4.53. The summed E-state index contributed by atoms with van der Waals surface area (Å²) >= 11 is 1.50. The van der Waals surface area contributed by atoms with E-state index in [-0.39, 0.29) is 0 Å². The molecule has 0 aliphatic rings. The fraction of sp³-hybridized carbons (Fsp3) is 0. The van der Waals surface area contributed by atoms with Crippen molar-refractivity contribution in [3.8, 4) is 22.5 Å². The zero-order valence-electron chi connectivity index (χ0n) is 8.03.